The Bertz CT molecular complexity index is 116. The van der Waals surface area contributed by atoms with Crippen LogP contribution in [0.15, 0.2) is 0 Å². The minimum atomic E-state index is -0.860. The van der Waals surface area contributed by atoms with Crippen molar-refractivity contribution < 1.29 is 14.7 Å². The molecule has 0 aromatic heterocycles. The van der Waals surface area contributed by atoms with Gasteiger partial charge in [0.25, 0.3) is 5.09 Å². The number of nitrogens with zero attached hydrogens (tertiary/aromatic N) is 1. The highest BCUT2D eigenvalue weighted by molar-refractivity contribution is 5.45. The summed E-state index contributed by atoms with van der Waals surface area (Å²) in [7, 11) is 0. The Balaban J connectivity index is 2.90. The van der Waals surface area contributed by atoms with E-state index in [4.69, 9.17) is 0 Å². The predicted octanol–water partition coefficient (Wildman–Crippen LogP) is -0.669. The van der Waals surface area contributed by atoms with Gasteiger partial charge in [0.05, 0.1) is 6.61 Å². The number of hydrogen-bond donors (Lipinski definition) is 1. The summed E-state index contributed by atoms with van der Waals surface area (Å²) in [5, 5.41) is 11.0. The molecule has 0 bridgehead atoms. The third-order valence-corrected chi connectivity index (χ3v) is 0.745. The molecule has 0 aromatic rings. The minimum Gasteiger partial charge on any atom is -0.359 e. The van der Waals surface area contributed by atoms with Crippen molar-refractivity contribution in [3.63, 3.8) is 0 Å². The third-order valence-electron chi connectivity index (χ3n) is 0.745. The van der Waals surface area contributed by atoms with Crippen LogP contribution >= 0.6 is 0 Å². The molecule has 0 radical (unpaired) electrons. The van der Waals surface area contributed by atoms with Crippen LogP contribution < -0.4 is 5.32 Å². The van der Waals surface area contributed by atoms with E-state index in [2.05, 4.69) is 10.2 Å². The molecule has 1 N–H and O–H groups in total. The van der Waals surface area contributed by atoms with Crippen molar-refractivity contribution in [2.75, 3.05) is 13.2 Å². The molecule has 6 heteroatoms. The Morgan fingerprint density at radius 3 is 2.90 bits per heavy atom. The van der Waals surface area contributed by atoms with Gasteiger partial charge in [-0.15, -0.1) is 10.1 Å². The van der Waals surface area contributed by atoms with Crippen LogP contribution in [0.4, 0.5) is 0 Å². The Kier molecular flexibility index (Phi) is 5.03. The molecule has 0 rings (SSSR count). The van der Waals surface area contributed by atoms with E-state index in [1.165, 1.54) is 0 Å². The molecule has 0 aliphatic heterocycles. The molecule has 0 saturated heterocycles. The number of amides is 1. The van der Waals surface area contributed by atoms with Gasteiger partial charge in [-0.05, 0) is 6.42 Å². The van der Waals surface area contributed by atoms with E-state index in [0.29, 0.717) is 19.4 Å². The molecule has 0 aromatic carbocycles. The summed E-state index contributed by atoms with van der Waals surface area (Å²) in [5.41, 5.74) is 0. The first-order chi connectivity index (χ1) is 4.77. The van der Waals surface area contributed by atoms with Gasteiger partial charge in [0, 0.05) is 6.54 Å². The molecule has 6 nitrogen and oxygen atoms in total. The van der Waals surface area contributed by atoms with E-state index < -0.39 is 5.09 Å². The van der Waals surface area contributed by atoms with Crippen LogP contribution in [0.3, 0.4) is 0 Å². The highest BCUT2D eigenvalue weighted by Gasteiger charge is 1.92. The average molecular weight is 148 g/mol. The minimum absolute atomic E-state index is 0.0217. The standard InChI is InChI=1S/C4H8N2O4/c7-4-5-2-1-3-10-6(8)9/h4H,1-3H2,(H,5,7). The van der Waals surface area contributed by atoms with E-state index >= 15 is 0 Å². The first-order valence-corrected chi connectivity index (χ1v) is 2.71. The highest BCUT2D eigenvalue weighted by atomic mass is 16.9. The van der Waals surface area contributed by atoms with Gasteiger partial charge in [0.1, 0.15) is 0 Å². The molecular weight excluding hydrogens is 140 g/mol. The van der Waals surface area contributed by atoms with Gasteiger partial charge in [-0.1, -0.05) is 0 Å². The summed E-state index contributed by atoms with van der Waals surface area (Å²) in [4.78, 5) is 23.1. The number of rotatable bonds is 6. The zero-order valence-electron chi connectivity index (χ0n) is 5.28. The Morgan fingerprint density at radius 2 is 2.40 bits per heavy atom. The molecule has 0 spiro atoms. The second-order valence-corrected chi connectivity index (χ2v) is 1.48. The van der Waals surface area contributed by atoms with E-state index in [-0.39, 0.29) is 6.61 Å². The van der Waals surface area contributed by atoms with Gasteiger partial charge < -0.3 is 10.2 Å². The van der Waals surface area contributed by atoms with E-state index in [1.807, 2.05) is 0 Å². The largest absolute Gasteiger partial charge is 0.359 e. The summed E-state index contributed by atoms with van der Waals surface area (Å²) < 4.78 is 0. The van der Waals surface area contributed by atoms with E-state index in [0.717, 1.165) is 0 Å². The second kappa shape index (κ2) is 5.80. The Morgan fingerprint density at radius 1 is 1.70 bits per heavy atom. The lowest BCUT2D eigenvalue weighted by molar-refractivity contribution is -0.757. The molecule has 0 aliphatic rings. The maximum Gasteiger partial charge on any atom is 0.294 e. The number of carbonyl (C=O) groups is 1. The summed E-state index contributed by atoms with van der Waals surface area (Å²) >= 11 is 0. The smallest absolute Gasteiger partial charge is 0.294 e. The molecule has 1 amide bonds. The third kappa shape index (κ3) is 6.67. The van der Waals surface area contributed by atoms with Crippen LogP contribution in [-0.4, -0.2) is 24.6 Å². The summed E-state index contributed by atoms with van der Waals surface area (Å²) in [6.45, 7) is 0.422. The van der Waals surface area contributed by atoms with Crippen molar-refractivity contribution in [1.82, 2.24) is 5.32 Å². The van der Waals surface area contributed by atoms with Gasteiger partial charge in [-0.2, -0.15) is 0 Å². The molecular formula is C4H8N2O4. The van der Waals surface area contributed by atoms with Crippen molar-refractivity contribution in [2.45, 2.75) is 6.42 Å². The summed E-state index contributed by atoms with van der Waals surface area (Å²) in [6.07, 6.45) is 0.978. The molecule has 0 fully saturated rings. The average Bonchev–Trinajstić information content (AvgIpc) is 1.87. The van der Waals surface area contributed by atoms with E-state index in [1.54, 1.807) is 0 Å². The molecule has 10 heavy (non-hydrogen) atoms. The number of carbonyl (C=O) groups excluding carboxylic acids is 1. The SMILES string of the molecule is O=CNCCCO[N+](=O)[O-]. The molecule has 0 atom stereocenters. The van der Waals surface area contributed by atoms with Gasteiger partial charge in [-0.3, -0.25) is 4.79 Å². The predicted molar refractivity (Wildman–Crippen MR) is 31.6 cm³/mol. The lowest BCUT2D eigenvalue weighted by Gasteiger charge is -1.96. The Labute approximate surface area is 57.3 Å². The van der Waals surface area contributed by atoms with Crippen molar-refractivity contribution in [2.24, 2.45) is 0 Å². The van der Waals surface area contributed by atoms with Gasteiger partial charge in [-0.25, -0.2) is 0 Å². The van der Waals surface area contributed by atoms with Crippen molar-refractivity contribution >= 4 is 6.41 Å². The second-order valence-electron chi connectivity index (χ2n) is 1.48. The van der Waals surface area contributed by atoms with Gasteiger partial charge in [0.15, 0.2) is 0 Å². The summed E-state index contributed by atoms with van der Waals surface area (Å²) in [6, 6.07) is 0. The fraction of sp³-hybridized carbons (Fsp3) is 0.750. The highest BCUT2D eigenvalue weighted by Crippen LogP contribution is 1.79. The molecule has 0 aliphatic carbocycles. The molecule has 58 valence electrons. The monoisotopic (exact) mass is 148 g/mol. The lowest BCUT2D eigenvalue weighted by atomic mass is 10.5. The van der Waals surface area contributed by atoms with Crippen molar-refractivity contribution in [3.8, 4) is 0 Å². The van der Waals surface area contributed by atoms with Crippen LogP contribution in [0.1, 0.15) is 6.42 Å². The molecule has 0 heterocycles. The van der Waals surface area contributed by atoms with Crippen LogP contribution in [0, 0.1) is 10.1 Å². The summed E-state index contributed by atoms with van der Waals surface area (Å²) in [5.74, 6) is 0. The molecule has 0 saturated carbocycles. The first-order valence-electron chi connectivity index (χ1n) is 2.71. The zero-order valence-corrected chi connectivity index (χ0v) is 5.28. The zero-order chi connectivity index (χ0) is 7.82. The number of nitrogens with one attached hydrogen (secondary N) is 1. The number of hydrogen-bond acceptors (Lipinski definition) is 4. The normalized spacial score (nSPS) is 8.40. The maximum atomic E-state index is 9.62. The van der Waals surface area contributed by atoms with Crippen molar-refractivity contribution in [1.29, 1.82) is 0 Å². The van der Waals surface area contributed by atoms with E-state index in [9.17, 15) is 14.9 Å². The van der Waals surface area contributed by atoms with Crippen LogP contribution in [0.2, 0.25) is 0 Å². The molecule has 0 unspecified atom stereocenters. The fourth-order valence-corrected chi connectivity index (χ4v) is 0.372. The fourth-order valence-electron chi connectivity index (χ4n) is 0.372. The van der Waals surface area contributed by atoms with Crippen LogP contribution in [-0.2, 0) is 9.63 Å². The van der Waals surface area contributed by atoms with Gasteiger partial charge >= 0.3 is 0 Å². The van der Waals surface area contributed by atoms with Crippen molar-refractivity contribution in [3.05, 3.63) is 10.1 Å². The van der Waals surface area contributed by atoms with Crippen LogP contribution in [0.5, 0.6) is 0 Å². The Hall–Kier alpha value is -1.33. The first kappa shape index (κ1) is 8.67. The maximum absolute atomic E-state index is 9.62. The quantitative estimate of drug-likeness (QED) is 0.234. The van der Waals surface area contributed by atoms with Crippen LogP contribution in [0.25, 0.3) is 0 Å². The van der Waals surface area contributed by atoms with Gasteiger partial charge in [0.2, 0.25) is 6.41 Å². The topological polar surface area (TPSA) is 81.5 Å². The lowest BCUT2D eigenvalue weighted by Crippen LogP contribution is -2.15.